The molecule has 0 spiro atoms. The van der Waals surface area contributed by atoms with E-state index >= 15 is 0 Å². The number of carbonyl (C=O) groups excluding carboxylic acids is 1. The molecule has 8 nitrogen and oxygen atoms in total. The van der Waals surface area contributed by atoms with E-state index in [0.717, 1.165) is 5.69 Å². The molecule has 0 saturated carbocycles. The molecule has 1 unspecified atom stereocenters. The van der Waals surface area contributed by atoms with Crippen LogP contribution in [0.2, 0.25) is 5.02 Å². The van der Waals surface area contributed by atoms with E-state index < -0.39 is 22.4 Å². The van der Waals surface area contributed by atoms with Crippen LogP contribution in [0, 0.1) is 15.9 Å². The van der Waals surface area contributed by atoms with Gasteiger partial charge >= 0.3 is 11.7 Å². The number of benzene rings is 1. The van der Waals surface area contributed by atoms with Crippen molar-refractivity contribution in [3.05, 3.63) is 57.0 Å². The van der Waals surface area contributed by atoms with E-state index in [2.05, 4.69) is 10.3 Å². The Morgan fingerprint density at radius 3 is 2.96 bits per heavy atom. The summed E-state index contributed by atoms with van der Waals surface area (Å²) in [6.45, 7) is 2.91. The van der Waals surface area contributed by atoms with E-state index in [1.165, 1.54) is 18.3 Å². The van der Waals surface area contributed by atoms with Crippen molar-refractivity contribution in [1.82, 2.24) is 4.98 Å². The highest BCUT2D eigenvalue weighted by Crippen LogP contribution is 2.30. The largest absolute Gasteiger partial charge is 0.462 e. The van der Waals surface area contributed by atoms with Crippen LogP contribution in [0.4, 0.5) is 21.6 Å². The summed E-state index contributed by atoms with van der Waals surface area (Å²) >= 11 is 5.84. The predicted octanol–water partition coefficient (Wildman–Crippen LogP) is 3.65. The smallest absolute Gasteiger partial charge is 0.345 e. The maximum Gasteiger partial charge on any atom is 0.345 e. The Morgan fingerprint density at radius 2 is 2.29 bits per heavy atom. The van der Waals surface area contributed by atoms with Crippen molar-refractivity contribution in [1.29, 1.82) is 0 Å². The van der Waals surface area contributed by atoms with Crippen LogP contribution >= 0.6 is 11.6 Å². The van der Waals surface area contributed by atoms with Gasteiger partial charge in [0.05, 0.1) is 16.6 Å². The minimum atomic E-state index is -0.770. The lowest BCUT2D eigenvalue weighted by atomic mass is 10.2. The number of halogens is 2. The molecule has 1 N–H and O–H groups in total. The van der Waals surface area contributed by atoms with Crippen LogP contribution < -0.4 is 10.2 Å². The van der Waals surface area contributed by atoms with E-state index in [1.54, 1.807) is 19.1 Å². The Balaban J connectivity index is 1.78. The fourth-order valence-electron chi connectivity index (χ4n) is 3.11. The van der Waals surface area contributed by atoms with Gasteiger partial charge in [-0.3, -0.25) is 10.1 Å². The average molecular weight is 409 g/mol. The van der Waals surface area contributed by atoms with Gasteiger partial charge in [-0.1, -0.05) is 11.6 Å². The van der Waals surface area contributed by atoms with Gasteiger partial charge in [0.2, 0.25) is 5.82 Å². The Labute approximate surface area is 165 Å². The van der Waals surface area contributed by atoms with Gasteiger partial charge in [0, 0.05) is 31.0 Å². The van der Waals surface area contributed by atoms with Crippen LogP contribution in [0.5, 0.6) is 0 Å². The molecule has 0 bridgehead atoms. The normalized spacial score (nSPS) is 16.1. The van der Waals surface area contributed by atoms with Crippen LogP contribution in [0.15, 0.2) is 30.5 Å². The number of nitrogens with zero attached hydrogens (tertiary/aromatic N) is 3. The van der Waals surface area contributed by atoms with E-state index in [1.807, 2.05) is 4.90 Å². The molecule has 1 aliphatic rings. The highest BCUT2D eigenvalue weighted by atomic mass is 35.5. The molecular formula is C18H18ClFN4O4. The van der Waals surface area contributed by atoms with Crippen LogP contribution in [-0.2, 0) is 4.74 Å². The first-order valence-electron chi connectivity index (χ1n) is 8.67. The summed E-state index contributed by atoms with van der Waals surface area (Å²) < 4.78 is 18.2. The van der Waals surface area contributed by atoms with Crippen molar-refractivity contribution in [3.8, 4) is 0 Å². The van der Waals surface area contributed by atoms with Gasteiger partial charge in [-0.05, 0) is 37.6 Å². The number of esters is 1. The highest BCUT2D eigenvalue weighted by molar-refractivity contribution is 6.31. The quantitative estimate of drug-likeness (QED) is 0.442. The summed E-state index contributed by atoms with van der Waals surface area (Å²) in [7, 11) is 0. The minimum Gasteiger partial charge on any atom is -0.462 e. The maximum atomic E-state index is 13.4. The second kappa shape index (κ2) is 8.39. The second-order valence-corrected chi connectivity index (χ2v) is 6.61. The van der Waals surface area contributed by atoms with E-state index in [-0.39, 0.29) is 29.1 Å². The lowest BCUT2D eigenvalue weighted by Crippen LogP contribution is -2.27. The number of nitro groups is 1. The molecule has 0 radical (unpaired) electrons. The third kappa shape index (κ3) is 4.14. The van der Waals surface area contributed by atoms with Gasteiger partial charge < -0.3 is 15.0 Å². The Bertz CT molecular complexity index is 911. The molecule has 0 aliphatic carbocycles. The summed E-state index contributed by atoms with van der Waals surface area (Å²) in [5, 5.41) is 14.6. The van der Waals surface area contributed by atoms with Gasteiger partial charge in [-0.2, -0.15) is 0 Å². The number of nitrogens with one attached hydrogen (secondary N) is 1. The van der Waals surface area contributed by atoms with Crippen LogP contribution in [0.3, 0.4) is 0 Å². The molecule has 1 aromatic carbocycles. The zero-order valence-corrected chi connectivity index (χ0v) is 15.8. The highest BCUT2D eigenvalue weighted by Gasteiger charge is 2.30. The van der Waals surface area contributed by atoms with E-state index in [0.29, 0.717) is 19.5 Å². The van der Waals surface area contributed by atoms with Crippen LogP contribution in [0.1, 0.15) is 23.7 Å². The van der Waals surface area contributed by atoms with Gasteiger partial charge in [0.1, 0.15) is 11.4 Å². The van der Waals surface area contributed by atoms with Crippen molar-refractivity contribution < 1.29 is 18.8 Å². The van der Waals surface area contributed by atoms with Gasteiger partial charge in [0.25, 0.3) is 0 Å². The van der Waals surface area contributed by atoms with Crippen molar-refractivity contribution in [2.45, 2.75) is 19.4 Å². The van der Waals surface area contributed by atoms with Crippen molar-refractivity contribution in [3.63, 3.8) is 0 Å². The third-order valence-corrected chi connectivity index (χ3v) is 4.69. The molecule has 1 atom stereocenters. The number of hydrogen-bond acceptors (Lipinski definition) is 7. The number of hydrogen-bond donors (Lipinski definition) is 1. The zero-order chi connectivity index (χ0) is 20.3. The number of anilines is 2. The van der Waals surface area contributed by atoms with Crippen molar-refractivity contribution >= 4 is 34.8 Å². The standard InChI is InChI=1S/C18H18ClFN4O4/c1-2-28-18(25)13-5-7-21-17(16(13)24(26)27)22-11-6-8-23(10-11)12-3-4-15(20)14(19)9-12/h3-5,7,9,11H,2,6,8,10H2,1H3,(H,21,22). The lowest BCUT2D eigenvalue weighted by Gasteiger charge is -2.19. The summed E-state index contributed by atoms with van der Waals surface area (Å²) in [6, 6.07) is 5.59. The first kappa shape index (κ1) is 19.8. The summed E-state index contributed by atoms with van der Waals surface area (Å²) in [5.74, 6) is -1.25. The first-order valence-corrected chi connectivity index (χ1v) is 9.05. The second-order valence-electron chi connectivity index (χ2n) is 6.21. The number of carbonyl (C=O) groups is 1. The zero-order valence-electron chi connectivity index (χ0n) is 15.0. The maximum absolute atomic E-state index is 13.4. The van der Waals surface area contributed by atoms with Gasteiger partial charge in [0.15, 0.2) is 0 Å². The topological polar surface area (TPSA) is 97.6 Å². The fourth-order valence-corrected chi connectivity index (χ4v) is 3.28. The Kier molecular flexibility index (Phi) is 5.93. The molecule has 10 heteroatoms. The molecular weight excluding hydrogens is 391 g/mol. The number of aromatic nitrogens is 1. The molecule has 0 amide bonds. The van der Waals surface area contributed by atoms with Crippen LogP contribution in [0.25, 0.3) is 0 Å². The summed E-state index contributed by atoms with van der Waals surface area (Å²) in [4.78, 5) is 28.9. The molecule has 1 aliphatic heterocycles. The Morgan fingerprint density at radius 1 is 1.50 bits per heavy atom. The molecule has 28 heavy (non-hydrogen) atoms. The van der Waals surface area contributed by atoms with Crippen molar-refractivity contribution in [2.75, 3.05) is 29.9 Å². The van der Waals surface area contributed by atoms with E-state index in [4.69, 9.17) is 16.3 Å². The third-order valence-electron chi connectivity index (χ3n) is 4.40. The molecule has 2 heterocycles. The molecule has 148 valence electrons. The number of ether oxygens (including phenoxy) is 1. The van der Waals surface area contributed by atoms with Gasteiger partial charge in [-0.25, -0.2) is 14.2 Å². The number of pyridine rings is 1. The molecule has 2 aromatic rings. The molecule has 1 saturated heterocycles. The fraction of sp³-hybridized carbons (Fsp3) is 0.333. The average Bonchev–Trinajstić information content (AvgIpc) is 3.12. The summed E-state index contributed by atoms with van der Waals surface area (Å²) in [5.41, 5.74) is 0.201. The molecule has 1 aromatic heterocycles. The molecule has 3 rings (SSSR count). The minimum absolute atomic E-state index is 0.0135. The molecule has 1 fully saturated rings. The number of rotatable bonds is 6. The summed E-state index contributed by atoms with van der Waals surface area (Å²) in [6.07, 6.45) is 2.01. The van der Waals surface area contributed by atoms with E-state index in [9.17, 15) is 19.3 Å². The monoisotopic (exact) mass is 408 g/mol. The van der Waals surface area contributed by atoms with Gasteiger partial charge in [-0.15, -0.1) is 0 Å². The Hall–Kier alpha value is -2.94. The van der Waals surface area contributed by atoms with Crippen molar-refractivity contribution in [2.24, 2.45) is 0 Å². The first-order chi connectivity index (χ1) is 13.4. The lowest BCUT2D eigenvalue weighted by molar-refractivity contribution is -0.384. The van der Waals surface area contributed by atoms with Crippen LogP contribution in [-0.4, -0.2) is 41.6 Å². The SMILES string of the molecule is CCOC(=O)c1ccnc(NC2CCN(c3ccc(F)c(Cl)c3)C2)c1[N+](=O)[O-]. The predicted molar refractivity (Wildman–Crippen MR) is 102 cm³/mol.